The third-order valence-corrected chi connectivity index (χ3v) is 3.09. The summed E-state index contributed by atoms with van der Waals surface area (Å²) in [5.74, 6) is 0. The van der Waals surface area contributed by atoms with Crippen molar-refractivity contribution in [3.63, 3.8) is 0 Å². The van der Waals surface area contributed by atoms with E-state index in [1.54, 1.807) is 12.1 Å². The van der Waals surface area contributed by atoms with Crippen molar-refractivity contribution in [2.45, 2.75) is 4.90 Å². The van der Waals surface area contributed by atoms with Gasteiger partial charge in [0.15, 0.2) is 0 Å². The van der Waals surface area contributed by atoms with E-state index in [2.05, 4.69) is 41.2 Å². The summed E-state index contributed by atoms with van der Waals surface area (Å²) in [7, 11) is 0. The first-order valence-electron chi connectivity index (χ1n) is 3.21. The van der Waals surface area contributed by atoms with Gasteiger partial charge in [-0.25, -0.2) is 0 Å². The van der Waals surface area contributed by atoms with Gasteiger partial charge in [0.25, 0.3) is 0 Å². The van der Waals surface area contributed by atoms with E-state index < -0.39 is 0 Å². The molecule has 0 atom stereocenters. The van der Waals surface area contributed by atoms with Gasteiger partial charge < -0.3 is 5.26 Å². The largest absolute Gasteiger partial charge is 1.00 e. The number of anilines is 1. The van der Waals surface area contributed by atoms with Crippen LogP contribution in [0.4, 0.5) is 5.69 Å². The molecule has 78 valence electrons. The van der Waals surface area contributed by atoms with E-state index in [1.165, 1.54) is 0 Å². The SMILES string of the molecule is [Na+].[O-]OOSc1cc(Br)c(NO)c(Br)c1. The van der Waals surface area contributed by atoms with Gasteiger partial charge in [0, 0.05) is 13.8 Å². The van der Waals surface area contributed by atoms with Gasteiger partial charge in [0.1, 0.15) is 0 Å². The van der Waals surface area contributed by atoms with E-state index in [4.69, 9.17) is 5.21 Å². The zero-order valence-electron chi connectivity index (χ0n) is 7.49. The Morgan fingerprint density at radius 2 is 1.87 bits per heavy atom. The second-order valence-corrected chi connectivity index (χ2v) is 4.58. The molecule has 0 unspecified atom stereocenters. The van der Waals surface area contributed by atoms with Crippen molar-refractivity contribution in [2.24, 2.45) is 0 Å². The van der Waals surface area contributed by atoms with Crippen LogP contribution in [0.15, 0.2) is 26.0 Å². The molecule has 0 aromatic heterocycles. The van der Waals surface area contributed by atoms with Crippen molar-refractivity contribution in [3.05, 3.63) is 21.1 Å². The number of hydrogen-bond donors (Lipinski definition) is 2. The molecular weight excluding hydrogens is 365 g/mol. The summed E-state index contributed by atoms with van der Waals surface area (Å²) in [6.45, 7) is 0. The first-order chi connectivity index (χ1) is 6.69. The van der Waals surface area contributed by atoms with Crippen LogP contribution in [0.25, 0.3) is 0 Å². The summed E-state index contributed by atoms with van der Waals surface area (Å²) in [6, 6.07) is 3.29. The molecule has 9 heteroatoms. The third-order valence-electron chi connectivity index (χ3n) is 1.29. The standard InChI is InChI=1S/C6H5Br2NO4S.Na/c7-4-1-3(14-13-12-11)2-5(8)6(4)9-10;/h1-2,9-11H;/q;+1/p-1. The van der Waals surface area contributed by atoms with E-state index in [0.717, 1.165) is 12.0 Å². The Kier molecular flexibility index (Phi) is 8.94. The maximum atomic E-state index is 9.58. The first-order valence-corrected chi connectivity index (χ1v) is 5.54. The monoisotopic (exact) mass is 367 g/mol. The zero-order chi connectivity index (χ0) is 10.6. The van der Waals surface area contributed by atoms with Crippen LogP contribution < -0.4 is 40.3 Å². The van der Waals surface area contributed by atoms with Crippen molar-refractivity contribution >= 4 is 49.6 Å². The minimum Gasteiger partial charge on any atom is -0.691 e. The van der Waals surface area contributed by atoms with Crippen LogP contribution in [0.2, 0.25) is 0 Å². The van der Waals surface area contributed by atoms with Gasteiger partial charge in [-0.2, -0.15) is 4.33 Å². The summed E-state index contributed by atoms with van der Waals surface area (Å²) < 4.78 is 5.37. The molecule has 0 spiro atoms. The molecule has 0 aliphatic rings. The van der Waals surface area contributed by atoms with Crippen LogP contribution in [0.1, 0.15) is 0 Å². The molecule has 1 aromatic carbocycles. The number of benzene rings is 1. The van der Waals surface area contributed by atoms with Gasteiger partial charge in [0.2, 0.25) is 0 Å². The molecule has 5 nitrogen and oxygen atoms in total. The Labute approximate surface area is 129 Å². The van der Waals surface area contributed by atoms with E-state index in [9.17, 15) is 5.26 Å². The molecule has 0 aliphatic carbocycles. The Morgan fingerprint density at radius 3 is 2.27 bits per heavy atom. The van der Waals surface area contributed by atoms with Crippen molar-refractivity contribution in [1.82, 2.24) is 0 Å². The van der Waals surface area contributed by atoms with E-state index in [0.29, 0.717) is 19.5 Å². The molecule has 15 heavy (non-hydrogen) atoms. The Balaban J connectivity index is 0.00000196. The number of halogens is 2. The van der Waals surface area contributed by atoms with Crippen LogP contribution >= 0.6 is 43.9 Å². The van der Waals surface area contributed by atoms with Gasteiger partial charge in [-0.05, 0) is 44.0 Å². The molecule has 1 aromatic rings. The fraction of sp³-hybridized carbons (Fsp3) is 0. The molecule has 1 rings (SSSR count). The molecule has 0 saturated carbocycles. The maximum absolute atomic E-state index is 9.58. The van der Waals surface area contributed by atoms with Crippen molar-refractivity contribution in [2.75, 3.05) is 5.48 Å². The fourth-order valence-corrected chi connectivity index (χ4v) is 2.86. The topological polar surface area (TPSA) is 73.8 Å². The molecule has 2 N–H and O–H groups in total. The summed E-state index contributed by atoms with van der Waals surface area (Å²) in [4.78, 5) is 0.638. The molecular formula is C6H4Br2NNaO4S. The molecule has 0 aliphatic heterocycles. The first kappa shape index (κ1) is 16.2. The van der Waals surface area contributed by atoms with Crippen LogP contribution in [0.5, 0.6) is 0 Å². The minimum absolute atomic E-state index is 0. The Hall–Kier alpha value is 1.17. The van der Waals surface area contributed by atoms with E-state index in [1.807, 2.05) is 5.48 Å². The van der Waals surface area contributed by atoms with Gasteiger partial charge >= 0.3 is 29.6 Å². The van der Waals surface area contributed by atoms with Crippen molar-refractivity contribution < 1.29 is 49.4 Å². The summed E-state index contributed by atoms with van der Waals surface area (Å²) in [5.41, 5.74) is 2.49. The second kappa shape index (κ2) is 8.29. The minimum atomic E-state index is 0. The average Bonchev–Trinajstić information content (AvgIpc) is 2.14. The smallest absolute Gasteiger partial charge is 0.691 e. The number of hydrogen-bond acceptors (Lipinski definition) is 6. The van der Waals surface area contributed by atoms with E-state index >= 15 is 0 Å². The molecule has 0 fully saturated rings. The fourth-order valence-electron chi connectivity index (χ4n) is 0.758. The van der Waals surface area contributed by atoms with E-state index in [-0.39, 0.29) is 29.6 Å². The van der Waals surface area contributed by atoms with Crippen molar-refractivity contribution in [1.29, 1.82) is 0 Å². The summed E-state index contributed by atoms with van der Waals surface area (Å²) >= 11 is 7.18. The van der Waals surface area contributed by atoms with Crippen LogP contribution in [-0.2, 0) is 9.37 Å². The van der Waals surface area contributed by atoms with Crippen LogP contribution in [0, 0.1) is 0 Å². The quantitative estimate of drug-likeness (QED) is 0.315. The van der Waals surface area contributed by atoms with Crippen molar-refractivity contribution in [3.8, 4) is 0 Å². The predicted molar refractivity (Wildman–Crippen MR) is 55.3 cm³/mol. The Bertz CT molecular complexity index is 307. The maximum Gasteiger partial charge on any atom is 1.00 e. The molecule has 0 saturated heterocycles. The normalized spacial score (nSPS) is 9.60. The summed E-state index contributed by atoms with van der Waals surface area (Å²) in [5, 5.41) is 21.5. The molecule has 0 amide bonds. The van der Waals surface area contributed by atoms with Crippen LogP contribution in [0.3, 0.4) is 0 Å². The average molecular weight is 369 g/mol. The zero-order valence-corrected chi connectivity index (χ0v) is 13.5. The third kappa shape index (κ3) is 4.90. The molecule has 0 radical (unpaired) electrons. The van der Waals surface area contributed by atoms with Gasteiger partial charge in [-0.1, -0.05) is 0 Å². The van der Waals surface area contributed by atoms with Gasteiger partial charge in [-0.3, -0.25) is 15.7 Å². The molecule has 0 bridgehead atoms. The molecule has 0 heterocycles. The predicted octanol–water partition coefficient (Wildman–Crippen LogP) is -0.753. The van der Waals surface area contributed by atoms with Crippen LogP contribution in [-0.4, -0.2) is 5.21 Å². The number of rotatable bonds is 4. The summed E-state index contributed by atoms with van der Waals surface area (Å²) in [6.07, 6.45) is 0. The second-order valence-electron chi connectivity index (χ2n) is 2.09. The Morgan fingerprint density at radius 1 is 1.33 bits per heavy atom. The van der Waals surface area contributed by atoms with Gasteiger partial charge in [0.05, 0.1) is 17.7 Å². The number of nitrogens with one attached hydrogen (secondary N) is 1. The van der Waals surface area contributed by atoms with Gasteiger partial charge in [-0.15, -0.1) is 0 Å².